The maximum Gasteiger partial charge on any atom is 0.253 e. The molecule has 2 amide bonds. The highest BCUT2D eigenvalue weighted by atomic mass is 16.5. The van der Waals surface area contributed by atoms with Crippen molar-refractivity contribution < 1.29 is 19.1 Å². The van der Waals surface area contributed by atoms with Gasteiger partial charge in [-0.05, 0) is 56.7 Å². The highest BCUT2D eigenvalue weighted by molar-refractivity contribution is 5.98. The molecule has 3 rings (SSSR count). The van der Waals surface area contributed by atoms with E-state index in [4.69, 9.17) is 4.74 Å². The lowest BCUT2D eigenvalue weighted by molar-refractivity contribution is -0.127. The van der Waals surface area contributed by atoms with Gasteiger partial charge in [0.05, 0.1) is 11.7 Å². The molecule has 3 N–H and O–H groups in total. The van der Waals surface area contributed by atoms with Crippen molar-refractivity contribution in [2.45, 2.75) is 64.6 Å². The van der Waals surface area contributed by atoms with Crippen LogP contribution in [0.5, 0.6) is 0 Å². The van der Waals surface area contributed by atoms with Crippen molar-refractivity contribution in [3.05, 3.63) is 24.0 Å². The number of ether oxygens (including phenoxy) is 1. The zero-order valence-electron chi connectivity index (χ0n) is 18.9. The van der Waals surface area contributed by atoms with Gasteiger partial charge in [-0.15, -0.1) is 0 Å². The number of H-pyrrole nitrogens is 1. The van der Waals surface area contributed by atoms with E-state index < -0.39 is 12.1 Å². The second-order valence-corrected chi connectivity index (χ2v) is 9.23. The summed E-state index contributed by atoms with van der Waals surface area (Å²) < 4.78 is 5.69. The summed E-state index contributed by atoms with van der Waals surface area (Å²) in [6, 6.07) is 0.299. The molecule has 0 bridgehead atoms. The summed E-state index contributed by atoms with van der Waals surface area (Å²) in [5.74, 6) is 0.165. The minimum Gasteiger partial charge on any atom is -0.367 e. The van der Waals surface area contributed by atoms with Crippen LogP contribution in [0.15, 0.2) is 18.5 Å². The number of hydrogen-bond donors (Lipinski definition) is 3. The number of likely N-dealkylation sites (tertiary alicyclic amines) is 1. The van der Waals surface area contributed by atoms with Crippen LogP contribution in [0.25, 0.3) is 0 Å². The first kappa shape index (κ1) is 23.5. The Kier molecular flexibility index (Phi) is 8.26. The first-order chi connectivity index (χ1) is 14.8. The lowest BCUT2D eigenvalue weighted by atomic mass is 9.91. The third kappa shape index (κ3) is 6.40. The third-order valence-electron chi connectivity index (χ3n) is 6.62. The summed E-state index contributed by atoms with van der Waals surface area (Å²) in [6.07, 6.45) is 6.54. The fourth-order valence-corrected chi connectivity index (χ4v) is 4.13. The van der Waals surface area contributed by atoms with E-state index in [9.17, 15) is 14.4 Å². The molecule has 3 unspecified atom stereocenters. The normalized spacial score (nSPS) is 23.8. The SMILES string of the molecule is CC(C)C(C)CC[C@H](NC(=O)c1cc[nH]c1)C(=O)NC1C(=O)COC1CN1CCCC1. The summed E-state index contributed by atoms with van der Waals surface area (Å²) in [7, 11) is 0. The number of aromatic nitrogens is 1. The van der Waals surface area contributed by atoms with E-state index in [2.05, 4.69) is 41.3 Å². The fourth-order valence-electron chi connectivity index (χ4n) is 4.13. The Morgan fingerprint density at radius 3 is 2.61 bits per heavy atom. The first-order valence-corrected chi connectivity index (χ1v) is 11.5. The number of ketones is 1. The molecule has 0 saturated carbocycles. The minimum atomic E-state index is -0.704. The Labute approximate surface area is 184 Å². The molecule has 3 heterocycles. The highest BCUT2D eigenvalue weighted by Gasteiger charge is 2.39. The maximum atomic E-state index is 13.2. The number of amides is 2. The van der Waals surface area contributed by atoms with Gasteiger partial charge in [0.1, 0.15) is 18.7 Å². The quantitative estimate of drug-likeness (QED) is 0.522. The monoisotopic (exact) mass is 432 g/mol. The van der Waals surface area contributed by atoms with Crippen LogP contribution in [0.4, 0.5) is 0 Å². The molecule has 31 heavy (non-hydrogen) atoms. The third-order valence-corrected chi connectivity index (χ3v) is 6.62. The molecule has 1 aromatic heterocycles. The van der Waals surface area contributed by atoms with Gasteiger partial charge in [-0.25, -0.2) is 0 Å². The van der Waals surface area contributed by atoms with Gasteiger partial charge in [0, 0.05) is 18.9 Å². The molecule has 1 aromatic rings. The first-order valence-electron chi connectivity index (χ1n) is 11.5. The Bertz CT molecular complexity index is 743. The topological polar surface area (TPSA) is 104 Å². The highest BCUT2D eigenvalue weighted by Crippen LogP contribution is 2.19. The number of carbonyl (C=O) groups is 3. The maximum absolute atomic E-state index is 13.2. The molecule has 0 aromatic carbocycles. The molecule has 2 aliphatic heterocycles. The van der Waals surface area contributed by atoms with Crippen LogP contribution in [0, 0.1) is 11.8 Å². The van der Waals surface area contributed by atoms with Gasteiger partial charge in [0.2, 0.25) is 5.91 Å². The van der Waals surface area contributed by atoms with Gasteiger partial charge >= 0.3 is 0 Å². The predicted octanol–water partition coefficient (Wildman–Crippen LogP) is 1.73. The molecule has 4 atom stereocenters. The molecule has 0 spiro atoms. The Hall–Kier alpha value is -2.19. The van der Waals surface area contributed by atoms with E-state index in [-0.39, 0.29) is 30.3 Å². The summed E-state index contributed by atoms with van der Waals surface area (Å²) >= 11 is 0. The second kappa shape index (κ2) is 10.9. The van der Waals surface area contributed by atoms with E-state index >= 15 is 0 Å². The summed E-state index contributed by atoms with van der Waals surface area (Å²) in [6.45, 7) is 9.10. The average Bonchev–Trinajstić information content (AvgIpc) is 3.50. The summed E-state index contributed by atoms with van der Waals surface area (Å²) in [5.41, 5.74) is 0.474. The van der Waals surface area contributed by atoms with Crippen LogP contribution in [-0.4, -0.2) is 71.9 Å². The van der Waals surface area contributed by atoms with Gasteiger partial charge in [-0.2, -0.15) is 0 Å². The van der Waals surface area contributed by atoms with Gasteiger partial charge in [-0.3, -0.25) is 14.4 Å². The zero-order chi connectivity index (χ0) is 22.4. The van der Waals surface area contributed by atoms with E-state index in [1.165, 1.54) is 0 Å². The smallest absolute Gasteiger partial charge is 0.253 e. The molecule has 2 aliphatic rings. The number of nitrogens with one attached hydrogen (secondary N) is 3. The van der Waals surface area contributed by atoms with E-state index in [0.717, 1.165) is 32.4 Å². The Morgan fingerprint density at radius 1 is 1.23 bits per heavy atom. The summed E-state index contributed by atoms with van der Waals surface area (Å²) in [4.78, 5) is 43.3. The Balaban J connectivity index is 1.65. The predicted molar refractivity (Wildman–Crippen MR) is 118 cm³/mol. The largest absolute Gasteiger partial charge is 0.367 e. The standard InChI is InChI=1S/C23H36N4O4/c1-15(2)16(3)6-7-18(25-22(29)17-8-9-24-12-17)23(30)26-21-19(28)14-31-20(21)13-27-10-4-5-11-27/h8-9,12,15-16,18,20-21,24H,4-7,10-11,13-14H2,1-3H3,(H,25,29)(H,26,30)/t16?,18-,20?,21?/m0/s1. The minimum absolute atomic E-state index is 0.0220. The van der Waals surface area contributed by atoms with Crippen molar-refractivity contribution in [1.29, 1.82) is 0 Å². The van der Waals surface area contributed by atoms with Crippen molar-refractivity contribution >= 4 is 17.6 Å². The molecular formula is C23H36N4O4. The molecule has 0 aliphatic carbocycles. The number of hydrogen-bond acceptors (Lipinski definition) is 5. The van der Waals surface area contributed by atoms with E-state index in [1.807, 2.05) is 0 Å². The van der Waals surface area contributed by atoms with E-state index in [0.29, 0.717) is 30.4 Å². The zero-order valence-corrected chi connectivity index (χ0v) is 18.9. The number of rotatable bonds is 10. The molecule has 8 heteroatoms. The van der Waals surface area contributed by atoms with Crippen molar-refractivity contribution in [3.63, 3.8) is 0 Å². The van der Waals surface area contributed by atoms with Gasteiger partial charge in [0.15, 0.2) is 5.78 Å². The van der Waals surface area contributed by atoms with Crippen LogP contribution < -0.4 is 10.6 Å². The molecular weight excluding hydrogens is 396 g/mol. The molecule has 2 saturated heterocycles. The van der Waals surface area contributed by atoms with Crippen LogP contribution in [-0.2, 0) is 14.3 Å². The average molecular weight is 433 g/mol. The van der Waals surface area contributed by atoms with Crippen LogP contribution in [0.3, 0.4) is 0 Å². The number of Topliss-reactive ketones (excluding diaryl/α,β-unsaturated/α-hetero) is 1. The van der Waals surface area contributed by atoms with Crippen molar-refractivity contribution in [1.82, 2.24) is 20.5 Å². The van der Waals surface area contributed by atoms with Crippen LogP contribution in [0.2, 0.25) is 0 Å². The van der Waals surface area contributed by atoms with Crippen LogP contribution >= 0.6 is 0 Å². The lowest BCUT2D eigenvalue weighted by Crippen LogP contribution is -2.54. The van der Waals surface area contributed by atoms with E-state index in [1.54, 1.807) is 18.5 Å². The summed E-state index contributed by atoms with van der Waals surface area (Å²) in [5, 5.41) is 5.75. The molecule has 2 fully saturated rings. The van der Waals surface area contributed by atoms with Crippen molar-refractivity contribution in [2.24, 2.45) is 11.8 Å². The van der Waals surface area contributed by atoms with Gasteiger partial charge < -0.3 is 25.3 Å². The van der Waals surface area contributed by atoms with Crippen molar-refractivity contribution in [3.8, 4) is 0 Å². The van der Waals surface area contributed by atoms with Crippen molar-refractivity contribution in [2.75, 3.05) is 26.2 Å². The number of carbonyl (C=O) groups excluding carboxylic acids is 3. The van der Waals surface area contributed by atoms with Gasteiger partial charge in [-0.1, -0.05) is 20.8 Å². The number of nitrogens with zero attached hydrogens (tertiary/aromatic N) is 1. The molecule has 0 radical (unpaired) electrons. The second-order valence-electron chi connectivity index (χ2n) is 9.23. The number of aromatic amines is 1. The molecule has 8 nitrogen and oxygen atoms in total. The Morgan fingerprint density at radius 2 is 1.97 bits per heavy atom. The van der Waals surface area contributed by atoms with Crippen LogP contribution in [0.1, 0.15) is 56.8 Å². The fraction of sp³-hybridized carbons (Fsp3) is 0.696. The van der Waals surface area contributed by atoms with Gasteiger partial charge in [0.25, 0.3) is 5.91 Å². The molecule has 172 valence electrons. The lowest BCUT2D eigenvalue weighted by Gasteiger charge is -2.26.